The van der Waals surface area contributed by atoms with Crippen LogP contribution >= 0.6 is 22.7 Å². The standard InChI is InChI=1S/C11H13NO3S2/c1-15-6-7(13)5-12-11(14)10-4-9-8(17-10)2-3-16-9/h2-4,7,13H,5-6H2,1H3,(H,12,14). The Labute approximate surface area is 107 Å². The second kappa shape index (κ2) is 5.59. The van der Waals surface area contributed by atoms with Crippen molar-refractivity contribution in [2.24, 2.45) is 0 Å². The van der Waals surface area contributed by atoms with Crippen LogP contribution in [0.25, 0.3) is 9.40 Å². The van der Waals surface area contributed by atoms with E-state index in [1.165, 1.54) is 18.4 Å². The van der Waals surface area contributed by atoms with Crippen LogP contribution in [0.3, 0.4) is 0 Å². The lowest BCUT2D eigenvalue weighted by Gasteiger charge is -2.09. The number of hydrogen-bond acceptors (Lipinski definition) is 5. The Balaban J connectivity index is 1.94. The van der Waals surface area contributed by atoms with E-state index < -0.39 is 6.10 Å². The summed E-state index contributed by atoms with van der Waals surface area (Å²) in [5.74, 6) is -0.145. The topological polar surface area (TPSA) is 58.6 Å². The highest BCUT2D eigenvalue weighted by molar-refractivity contribution is 7.27. The van der Waals surface area contributed by atoms with Crippen molar-refractivity contribution >= 4 is 38.0 Å². The maximum atomic E-state index is 11.8. The van der Waals surface area contributed by atoms with E-state index in [2.05, 4.69) is 5.32 Å². The minimum atomic E-state index is -0.662. The molecule has 1 amide bonds. The lowest BCUT2D eigenvalue weighted by atomic mass is 10.3. The van der Waals surface area contributed by atoms with Gasteiger partial charge in [0.05, 0.1) is 17.6 Å². The van der Waals surface area contributed by atoms with Crippen molar-refractivity contribution < 1.29 is 14.6 Å². The molecule has 4 nitrogen and oxygen atoms in total. The van der Waals surface area contributed by atoms with Crippen LogP contribution in [0, 0.1) is 0 Å². The number of nitrogens with one attached hydrogen (secondary N) is 1. The number of hydrogen-bond donors (Lipinski definition) is 2. The van der Waals surface area contributed by atoms with Gasteiger partial charge in [0, 0.05) is 23.1 Å². The molecule has 2 rings (SSSR count). The number of fused-ring (bicyclic) bond motifs is 1. The van der Waals surface area contributed by atoms with Crippen molar-refractivity contribution in [2.45, 2.75) is 6.10 Å². The number of amides is 1. The molecule has 0 bridgehead atoms. The number of rotatable bonds is 5. The number of ether oxygens (including phenoxy) is 1. The van der Waals surface area contributed by atoms with Crippen LogP contribution in [0.15, 0.2) is 17.5 Å². The van der Waals surface area contributed by atoms with Crippen molar-refractivity contribution in [2.75, 3.05) is 20.3 Å². The monoisotopic (exact) mass is 271 g/mol. The molecule has 0 aromatic carbocycles. The first-order valence-corrected chi connectivity index (χ1v) is 6.82. The quantitative estimate of drug-likeness (QED) is 0.870. The van der Waals surface area contributed by atoms with E-state index in [0.29, 0.717) is 4.88 Å². The van der Waals surface area contributed by atoms with Crippen molar-refractivity contribution in [3.05, 3.63) is 22.4 Å². The van der Waals surface area contributed by atoms with E-state index in [0.717, 1.165) is 9.40 Å². The fraction of sp³-hybridized carbons (Fsp3) is 0.364. The Kier molecular flexibility index (Phi) is 4.11. The molecule has 1 unspecified atom stereocenters. The van der Waals surface area contributed by atoms with E-state index in [1.54, 1.807) is 11.3 Å². The number of carbonyl (C=O) groups is 1. The molecule has 2 aromatic heterocycles. The van der Waals surface area contributed by atoms with Crippen molar-refractivity contribution in [3.63, 3.8) is 0 Å². The van der Waals surface area contributed by atoms with Gasteiger partial charge in [0.25, 0.3) is 5.91 Å². The molecule has 2 heterocycles. The van der Waals surface area contributed by atoms with Gasteiger partial charge in [-0.3, -0.25) is 4.79 Å². The third-order valence-electron chi connectivity index (χ3n) is 2.22. The smallest absolute Gasteiger partial charge is 0.261 e. The number of carbonyl (C=O) groups excluding carboxylic acids is 1. The van der Waals surface area contributed by atoms with Crippen molar-refractivity contribution in [1.29, 1.82) is 0 Å². The van der Waals surface area contributed by atoms with Gasteiger partial charge in [0.2, 0.25) is 0 Å². The van der Waals surface area contributed by atoms with Crippen LogP contribution in [-0.4, -0.2) is 37.4 Å². The van der Waals surface area contributed by atoms with Crippen LogP contribution in [0.5, 0.6) is 0 Å². The second-order valence-electron chi connectivity index (χ2n) is 3.58. The highest BCUT2D eigenvalue weighted by Gasteiger charge is 2.12. The molecule has 0 fully saturated rings. The van der Waals surface area contributed by atoms with Crippen LogP contribution in [-0.2, 0) is 4.74 Å². The van der Waals surface area contributed by atoms with Gasteiger partial charge in [-0.15, -0.1) is 22.7 Å². The maximum Gasteiger partial charge on any atom is 0.261 e. The van der Waals surface area contributed by atoms with Gasteiger partial charge < -0.3 is 15.2 Å². The summed E-state index contributed by atoms with van der Waals surface area (Å²) in [7, 11) is 1.51. The van der Waals surface area contributed by atoms with E-state index in [4.69, 9.17) is 4.74 Å². The Morgan fingerprint density at radius 2 is 2.41 bits per heavy atom. The summed E-state index contributed by atoms with van der Waals surface area (Å²) in [6.07, 6.45) is -0.662. The second-order valence-corrected chi connectivity index (χ2v) is 5.61. The normalized spacial score (nSPS) is 12.8. The van der Waals surface area contributed by atoms with E-state index in [1.807, 2.05) is 17.5 Å². The minimum absolute atomic E-state index is 0.145. The number of aliphatic hydroxyl groups excluding tert-OH is 1. The van der Waals surface area contributed by atoms with Gasteiger partial charge in [-0.25, -0.2) is 0 Å². The van der Waals surface area contributed by atoms with Gasteiger partial charge in [-0.2, -0.15) is 0 Å². The molecule has 0 saturated carbocycles. The Morgan fingerprint density at radius 1 is 1.59 bits per heavy atom. The highest BCUT2D eigenvalue weighted by atomic mass is 32.1. The first-order chi connectivity index (χ1) is 8.20. The zero-order valence-electron chi connectivity index (χ0n) is 9.30. The molecule has 0 aliphatic heterocycles. The van der Waals surface area contributed by atoms with Gasteiger partial charge in [-0.05, 0) is 17.5 Å². The van der Waals surface area contributed by atoms with Gasteiger partial charge in [0.15, 0.2) is 0 Å². The molecule has 2 aromatic rings. The van der Waals surface area contributed by atoms with Gasteiger partial charge in [-0.1, -0.05) is 0 Å². The predicted octanol–water partition coefficient (Wildman–Crippen LogP) is 1.70. The molecule has 0 aliphatic carbocycles. The molecule has 1 atom stereocenters. The third kappa shape index (κ3) is 3.04. The predicted molar refractivity (Wildman–Crippen MR) is 69.9 cm³/mol. The van der Waals surface area contributed by atoms with Crippen molar-refractivity contribution in [1.82, 2.24) is 5.32 Å². The highest BCUT2D eigenvalue weighted by Crippen LogP contribution is 2.29. The number of methoxy groups -OCH3 is 1. The summed E-state index contributed by atoms with van der Waals surface area (Å²) < 4.78 is 7.03. The van der Waals surface area contributed by atoms with Crippen LogP contribution in [0.4, 0.5) is 0 Å². The largest absolute Gasteiger partial charge is 0.389 e. The zero-order chi connectivity index (χ0) is 12.3. The zero-order valence-corrected chi connectivity index (χ0v) is 10.9. The lowest BCUT2D eigenvalue weighted by Crippen LogP contribution is -2.33. The van der Waals surface area contributed by atoms with Gasteiger partial charge >= 0.3 is 0 Å². The molecule has 0 saturated heterocycles. The fourth-order valence-electron chi connectivity index (χ4n) is 1.43. The molecule has 92 valence electrons. The van der Waals surface area contributed by atoms with Crippen LogP contribution < -0.4 is 5.32 Å². The first-order valence-electron chi connectivity index (χ1n) is 5.13. The van der Waals surface area contributed by atoms with E-state index in [-0.39, 0.29) is 19.1 Å². The SMILES string of the molecule is COCC(O)CNC(=O)c1cc2sccc2s1. The third-order valence-corrected chi connectivity index (χ3v) is 4.31. The molecular formula is C11H13NO3S2. The van der Waals surface area contributed by atoms with Crippen molar-refractivity contribution in [3.8, 4) is 0 Å². The maximum absolute atomic E-state index is 11.8. The summed E-state index contributed by atoms with van der Waals surface area (Å²) in [6, 6.07) is 3.88. The molecule has 6 heteroatoms. The van der Waals surface area contributed by atoms with Gasteiger partial charge in [0.1, 0.15) is 0 Å². The molecule has 17 heavy (non-hydrogen) atoms. The van der Waals surface area contributed by atoms with Crippen LogP contribution in [0.2, 0.25) is 0 Å². The Bertz CT molecular complexity index is 477. The van der Waals surface area contributed by atoms with E-state index >= 15 is 0 Å². The lowest BCUT2D eigenvalue weighted by molar-refractivity contribution is 0.0611. The summed E-state index contributed by atoms with van der Waals surface area (Å²) >= 11 is 3.08. The average molecular weight is 271 g/mol. The molecule has 2 N–H and O–H groups in total. The Hall–Kier alpha value is -0.950. The number of aliphatic hydroxyl groups is 1. The summed E-state index contributed by atoms with van der Waals surface area (Å²) in [5.41, 5.74) is 0. The fourth-order valence-corrected chi connectivity index (χ4v) is 3.45. The minimum Gasteiger partial charge on any atom is -0.389 e. The van der Waals surface area contributed by atoms with E-state index in [9.17, 15) is 9.90 Å². The average Bonchev–Trinajstić information content (AvgIpc) is 2.86. The summed E-state index contributed by atoms with van der Waals surface area (Å²) in [4.78, 5) is 12.5. The molecule has 0 aliphatic rings. The first kappa shape index (κ1) is 12.5. The van der Waals surface area contributed by atoms with Crippen LogP contribution in [0.1, 0.15) is 9.67 Å². The molecular weight excluding hydrogens is 258 g/mol. The number of thiophene rings is 2. The Morgan fingerprint density at radius 3 is 3.12 bits per heavy atom. The summed E-state index contributed by atoms with van der Waals surface area (Å²) in [6.45, 7) is 0.429. The molecule has 0 spiro atoms. The summed E-state index contributed by atoms with van der Waals surface area (Å²) in [5, 5.41) is 14.1. The molecule has 0 radical (unpaired) electrons.